The topological polar surface area (TPSA) is 69.4 Å². The number of nitrogens with zero attached hydrogens (tertiary/aromatic N) is 1. The quantitative estimate of drug-likeness (QED) is 0.280. The third-order valence-corrected chi connectivity index (χ3v) is 1.44. The number of rotatable bonds is 5. The van der Waals surface area contributed by atoms with Crippen LogP contribution in [0, 0.1) is 10.1 Å². The van der Waals surface area contributed by atoms with Gasteiger partial charge in [-0.1, -0.05) is 6.58 Å². The van der Waals surface area contributed by atoms with E-state index in [1.165, 1.54) is 0 Å². The van der Waals surface area contributed by atoms with Crippen molar-refractivity contribution in [3.05, 3.63) is 22.8 Å². The van der Waals surface area contributed by atoms with Gasteiger partial charge in [-0.25, -0.2) is 4.79 Å². The molecule has 74 valence electrons. The first-order valence-electron chi connectivity index (χ1n) is 3.84. The monoisotopic (exact) mass is 187 g/mol. The summed E-state index contributed by atoms with van der Waals surface area (Å²) in [6, 6.07) is 0. The highest BCUT2D eigenvalue weighted by atomic mass is 16.6. The lowest BCUT2D eigenvalue weighted by Crippen LogP contribution is -2.29. The van der Waals surface area contributed by atoms with E-state index in [1.54, 1.807) is 13.8 Å². The summed E-state index contributed by atoms with van der Waals surface area (Å²) >= 11 is 0. The fraction of sp³-hybridized carbons (Fsp3) is 0.625. The highest BCUT2D eigenvalue weighted by Gasteiger charge is 2.23. The predicted octanol–water partition coefficient (Wildman–Crippen LogP) is 1.16. The zero-order valence-electron chi connectivity index (χ0n) is 7.78. The van der Waals surface area contributed by atoms with E-state index in [0.717, 1.165) is 6.08 Å². The highest BCUT2D eigenvalue weighted by Crippen LogP contribution is 2.14. The molecule has 5 nitrogen and oxygen atoms in total. The third-order valence-electron chi connectivity index (χ3n) is 1.44. The van der Waals surface area contributed by atoms with E-state index < -0.39 is 16.5 Å². The molecule has 0 aliphatic heterocycles. The lowest BCUT2D eigenvalue weighted by Gasteiger charge is -2.22. The van der Waals surface area contributed by atoms with Gasteiger partial charge in [0.15, 0.2) is 0 Å². The number of nitro groups is 1. The van der Waals surface area contributed by atoms with Gasteiger partial charge in [-0.05, 0) is 13.8 Å². The Balaban J connectivity index is 3.99. The smallest absolute Gasteiger partial charge is 0.330 e. The number of carbonyl (C=O) groups is 1. The normalized spacial score (nSPS) is 10.6. The summed E-state index contributed by atoms with van der Waals surface area (Å²) in [7, 11) is 0. The first-order chi connectivity index (χ1) is 5.87. The molecule has 0 aromatic carbocycles. The highest BCUT2D eigenvalue weighted by molar-refractivity contribution is 5.81. The van der Waals surface area contributed by atoms with Crippen LogP contribution in [0.15, 0.2) is 12.7 Å². The van der Waals surface area contributed by atoms with Crippen LogP contribution in [0.5, 0.6) is 0 Å². The van der Waals surface area contributed by atoms with E-state index in [4.69, 9.17) is 4.74 Å². The summed E-state index contributed by atoms with van der Waals surface area (Å²) in [5.41, 5.74) is -0.807. The second-order valence-electron chi connectivity index (χ2n) is 3.19. The van der Waals surface area contributed by atoms with Crippen molar-refractivity contribution in [3.63, 3.8) is 0 Å². The summed E-state index contributed by atoms with van der Waals surface area (Å²) in [4.78, 5) is 20.4. The van der Waals surface area contributed by atoms with Crippen LogP contribution in [0.1, 0.15) is 20.3 Å². The van der Waals surface area contributed by atoms with Gasteiger partial charge in [0.25, 0.3) is 0 Å². The Morgan fingerprint density at radius 2 is 2.23 bits per heavy atom. The lowest BCUT2D eigenvalue weighted by atomic mass is 10.1. The third kappa shape index (κ3) is 5.84. The van der Waals surface area contributed by atoms with E-state index in [9.17, 15) is 14.9 Å². The standard InChI is InChI=1S/C8H13NO4/c1-4-7(10)13-8(2,3)5-6-9(11)12/h4H,1,5-6H2,2-3H3. The molecular weight excluding hydrogens is 174 g/mol. The maximum Gasteiger partial charge on any atom is 0.330 e. The minimum absolute atomic E-state index is 0.194. The number of hydrogen-bond donors (Lipinski definition) is 0. The van der Waals surface area contributed by atoms with Gasteiger partial charge in [-0.15, -0.1) is 0 Å². The van der Waals surface area contributed by atoms with Gasteiger partial charge in [0.1, 0.15) is 5.60 Å². The van der Waals surface area contributed by atoms with Crippen LogP contribution in [0.25, 0.3) is 0 Å². The Labute approximate surface area is 76.5 Å². The minimum Gasteiger partial charge on any atom is -0.456 e. The van der Waals surface area contributed by atoms with Gasteiger partial charge in [0, 0.05) is 11.0 Å². The SMILES string of the molecule is C=CC(=O)OC(C)(C)CC[N+](=O)[O-]. The molecule has 0 fully saturated rings. The van der Waals surface area contributed by atoms with Gasteiger partial charge in [-0.3, -0.25) is 10.1 Å². The summed E-state index contributed by atoms with van der Waals surface area (Å²) in [5.74, 6) is -0.562. The number of esters is 1. The summed E-state index contributed by atoms with van der Waals surface area (Å²) in [5, 5.41) is 10.0. The number of carbonyl (C=O) groups excluding carboxylic acids is 1. The fourth-order valence-corrected chi connectivity index (χ4v) is 0.726. The van der Waals surface area contributed by atoms with Gasteiger partial charge in [0.05, 0.1) is 6.42 Å². The molecule has 0 atom stereocenters. The molecule has 0 bridgehead atoms. The molecule has 0 aliphatic rings. The average molecular weight is 187 g/mol. The fourth-order valence-electron chi connectivity index (χ4n) is 0.726. The molecule has 0 heterocycles. The van der Waals surface area contributed by atoms with Crippen molar-refractivity contribution in [2.45, 2.75) is 25.9 Å². The molecule has 0 aliphatic carbocycles. The Morgan fingerprint density at radius 3 is 2.62 bits per heavy atom. The zero-order chi connectivity index (χ0) is 10.5. The molecule has 0 N–H and O–H groups in total. The van der Waals surface area contributed by atoms with E-state index in [0.29, 0.717) is 0 Å². The second-order valence-corrected chi connectivity index (χ2v) is 3.19. The van der Waals surface area contributed by atoms with E-state index >= 15 is 0 Å². The summed E-state index contributed by atoms with van der Waals surface area (Å²) in [6.45, 7) is 6.27. The maximum atomic E-state index is 10.8. The minimum atomic E-state index is -0.807. The van der Waals surface area contributed by atoms with Crippen molar-refractivity contribution in [3.8, 4) is 0 Å². The molecule has 0 aromatic rings. The molecule has 0 unspecified atom stereocenters. The predicted molar refractivity (Wildman–Crippen MR) is 46.8 cm³/mol. The Bertz CT molecular complexity index is 222. The first-order valence-corrected chi connectivity index (χ1v) is 3.84. The van der Waals surface area contributed by atoms with E-state index in [2.05, 4.69) is 6.58 Å². The Kier molecular flexibility index (Phi) is 4.10. The van der Waals surface area contributed by atoms with Crippen LogP contribution in [-0.2, 0) is 9.53 Å². The number of hydrogen-bond acceptors (Lipinski definition) is 4. The first kappa shape index (κ1) is 11.6. The maximum absolute atomic E-state index is 10.8. The molecule has 5 heteroatoms. The van der Waals surface area contributed by atoms with Gasteiger partial charge in [0.2, 0.25) is 6.54 Å². The molecule has 0 radical (unpaired) electrons. The lowest BCUT2D eigenvalue weighted by molar-refractivity contribution is -0.483. The van der Waals surface area contributed by atoms with Crippen LogP contribution in [0.3, 0.4) is 0 Å². The van der Waals surface area contributed by atoms with Crippen molar-refractivity contribution in [1.82, 2.24) is 0 Å². The number of ether oxygens (including phenoxy) is 1. The van der Waals surface area contributed by atoms with Crippen LogP contribution in [0.4, 0.5) is 0 Å². The van der Waals surface area contributed by atoms with Gasteiger partial charge >= 0.3 is 5.97 Å². The van der Waals surface area contributed by atoms with Crippen LogP contribution in [0.2, 0.25) is 0 Å². The van der Waals surface area contributed by atoms with Crippen LogP contribution in [-0.4, -0.2) is 23.0 Å². The molecule has 0 saturated heterocycles. The van der Waals surface area contributed by atoms with Gasteiger partial charge < -0.3 is 4.74 Å². The average Bonchev–Trinajstić information content (AvgIpc) is 2.00. The molecule has 0 aromatic heterocycles. The zero-order valence-corrected chi connectivity index (χ0v) is 7.78. The van der Waals surface area contributed by atoms with Crippen molar-refractivity contribution in [2.75, 3.05) is 6.54 Å². The van der Waals surface area contributed by atoms with E-state index in [1.807, 2.05) is 0 Å². The summed E-state index contributed by atoms with van der Waals surface area (Å²) < 4.78 is 4.88. The van der Waals surface area contributed by atoms with Crippen molar-refractivity contribution in [2.24, 2.45) is 0 Å². The molecule has 13 heavy (non-hydrogen) atoms. The van der Waals surface area contributed by atoms with Crippen molar-refractivity contribution >= 4 is 5.97 Å². The Morgan fingerprint density at radius 1 is 1.69 bits per heavy atom. The molecule has 0 rings (SSSR count). The van der Waals surface area contributed by atoms with Crippen molar-refractivity contribution < 1.29 is 14.5 Å². The molecular formula is C8H13NO4. The van der Waals surface area contributed by atoms with Crippen LogP contribution >= 0.6 is 0 Å². The molecule has 0 spiro atoms. The summed E-state index contributed by atoms with van der Waals surface area (Å²) in [6.07, 6.45) is 1.23. The van der Waals surface area contributed by atoms with E-state index in [-0.39, 0.29) is 13.0 Å². The van der Waals surface area contributed by atoms with Crippen LogP contribution < -0.4 is 0 Å². The van der Waals surface area contributed by atoms with Crippen molar-refractivity contribution in [1.29, 1.82) is 0 Å². The largest absolute Gasteiger partial charge is 0.456 e. The molecule has 0 saturated carbocycles. The Hall–Kier alpha value is -1.39. The van der Waals surface area contributed by atoms with Gasteiger partial charge in [-0.2, -0.15) is 0 Å². The molecule has 0 amide bonds. The second kappa shape index (κ2) is 4.59.